The first-order valence-corrected chi connectivity index (χ1v) is 12.7. The first kappa shape index (κ1) is 24.6. The number of hydrogen-bond donors (Lipinski definition) is 0. The molecular weight excluding hydrogens is 462 g/mol. The molecule has 2 unspecified atom stereocenters. The van der Waals surface area contributed by atoms with Crippen LogP contribution in [-0.2, 0) is 14.3 Å². The van der Waals surface area contributed by atoms with Crippen LogP contribution < -0.4 is 4.74 Å². The molecule has 2 atom stereocenters. The van der Waals surface area contributed by atoms with Crippen LogP contribution in [0.5, 0.6) is 5.75 Å². The fourth-order valence-electron chi connectivity index (χ4n) is 3.62. The highest BCUT2D eigenvalue weighted by Crippen LogP contribution is 2.35. The van der Waals surface area contributed by atoms with Gasteiger partial charge < -0.3 is 4.74 Å². The minimum absolute atomic E-state index is 0.0851. The zero-order valence-electron chi connectivity index (χ0n) is 20.2. The Kier molecular flexibility index (Phi) is 7.05. The van der Waals surface area contributed by atoms with E-state index in [9.17, 15) is 8.42 Å². The highest BCUT2D eigenvalue weighted by molar-refractivity contribution is 7.86. The lowest BCUT2D eigenvalue weighted by Crippen LogP contribution is -2.42. The topological polar surface area (TPSA) is 83.3 Å². The van der Waals surface area contributed by atoms with E-state index in [1.165, 1.54) is 29.5 Å². The van der Waals surface area contributed by atoms with Gasteiger partial charge in [-0.15, -0.1) is 0 Å². The lowest BCUT2D eigenvalue weighted by molar-refractivity contribution is -0.0541. The molecule has 0 aliphatic rings. The third-order valence-corrected chi connectivity index (χ3v) is 6.88. The normalized spacial score (nSPS) is 13.8. The van der Waals surface area contributed by atoms with Crippen LogP contribution in [0.2, 0.25) is 0 Å². The second-order valence-corrected chi connectivity index (χ2v) is 11.0. The van der Waals surface area contributed by atoms with Crippen molar-refractivity contribution < 1.29 is 17.3 Å². The van der Waals surface area contributed by atoms with Gasteiger partial charge in [-0.2, -0.15) is 13.5 Å². The van der Waals surface area contributed by atoms with Crippen molar-refractivity contribution in [3.63, 3.8) is 0 Å². The molecule has 0 aliphatic carbocycles. The van der Waals surface area contributed by atoms with Crippen LogP contribution in [0, 0.1) is 12.3 Å². The van der Waals surface area contributed by atoms with Crippen LogP contribution >= 0.6 is 0 Å². The van der Waals surface area contributed by atoms with Crippen LogP contribution in [-0.4, -0.2) is 29.3 Å². The Morgan fingerprint density at radius 1 is 0.857 bits per heavy atom. The summed E-state index contributed by atoms with van der Waals surface area (Å²) in [6.07, 6.45) is 1.07. The number of benzene rings is 3. The van der Waals surface area contributed by atoms with Gasteiger partial charge in [0.15, 0.2) is 0 Å². The number of aromatic nitrogens is 3. The Labute approximate surface area is 206 Å². The lowest BCUT2D eigenvalue weighted by atomic mass is 9.88. The van der Waals surface area contributed by atoms with E-state index in [-0.39, 0.29) is 4.90 Å². The molecule has 1 aromatic heterocycles. The summed E-state index contributed by atoms with van der Waals surface area (Å²) in [4.78, 5) is 4.12. The van der Waals surface area contributed by atoms with Crippen molar-refractivity contribution in [1.29, 1.82) is 0 Å². The van der Waals surface area contributed by atoms with Crippen molar-refractivity contribution in [3.05, 3.63) is 97.1 Å². The van der Waals surface area contributed by atoms with Gasteiger partial charge in [-0.3, -0.25) is 4.18 Å². The van der Waals surface area contributed by atoms with Gasteiger partial charge in [0.1, 0.15) is 24.5 Å². The smallest absolute Gasteiger partial charge is 0.297 e. The molecule has 0 radical (unpaired) electrons. The Bertz CT molecular complexity index is 1330. The van der Waals surface area contributed by atoms with E-state index in [0.717, 1.165) is 16.7 Å². The minimum atomic E-state index is -4.07. The molecule has 35 heavy (non-hydrogen) atoms. The van der Waals surface area contributed by atoms with E-state index in [1.54, 1.807) is 12.1 Å². The summed E-state index contributed by atoms with van der Waals surface area (Å²) < 4.78 is 40.0. The maximum absolute atomic E-state index is 13.2. The van der Waals surface area contributed by atoms with Gasteiger partial charge in [-0.05, 0) is 47.7 Å². The SMILES string of the molecule is Cc1ccc(S(=O)(=O)OC(C(Oc2ccc(-c3ccccc3)cc2)n2cncn2)C(C)(C)C)cc1. The fraction of sp³-hybridized carbons (Fsp3) is 0.259. The summed E-state index contributed by atoms with van der Waals surface area (Å²) in [5.41, 5.74) is 2.46. The van der Waals surface area contributed by atoms with Crippen LogP contribution in [0.15, 0.2) is 96.4 Å². The molecule has 0 saturated carbocycles. The third kappa shape index (κ3) is 5.96. The van der Waals surface area contributed by atoms with Crippen LogP contribution in [0.25, 0.3) is 11.1 Å². The van der Waals surface area contributed by atoms with E-state index in [1.807, 2.05) is 82.3 Å². The van der Waals surface area contributed by atoms with Gasteiger partial charge in [0, 0.05) is 0 Å². The summed E-state index contributed by atoms with van der Waals surface area (Å²) in [6, 6.07) is 24.2. The van der Waals surface area contributed by atoms with Gasteiger partial charge in [0.25, 0.3) is 10.1 Å². The van der Waals surface area contributed by atoms with Crippen molar-refractivity contribution in [3.8, 4) is 16.9 Å². The van der Waals surface area contributed by atoms with Gasteiger partial charge in [0.2, 0.25) is 6.23 Å². The van der Waals surface area contributed by atoms with Crippen molar-refractivity contribution in [2.24, 2.45) is 5.41 Å². The summed E-state index contributed by atoms with van der Waals surface area (Å²) in [6.45, 7) is 7.59. The van der Waals surface area contributed by atoms with Crippen LogP contribution in [0.4, 0.5) is 0 Å². The second kappa shape index (κ2) is 10.0. The summed E-state index contributed by atoms with van der Waals surface area (Å²) in [5, 5.41) is 4.23. The van der Waals surface area contributed by atoms with E-state index < -0.39 is 27.9 Å². The average Bonchev–Trinajstić information content (AvgIpc) is 3.37. The highest BCUT2D eigenvalue weighted by atomic mass is 32.2. The Balaban J connectivity index is 1.66. The van der Waals surface area contributed by atoms with Gasteiger partial charge in [-0.25, -0.2) is 9.67 Å². The zero-order chi connectivity index (χ0) is 25.1. The molecule has 182 valence electrons. The first-order valence-electron chi connectivity index (χ1n) is 11.3. The number of ether oxygens (including phenoxy) is 1. The van der Waals surface area contributed by atoms with E-state index >= 15 is 0 Å². The molecule has 8 heteroatoms. The Morgan fingerprint density at radius 2 is 1.49 bits per heavy atom. The summed E-state index contributed by atoms with van der Waals surface area (Å²) >= 11 is 0. The predicted molar refractivity (Wildman–Crippen MR) is 134 cm³/mol. The molecule has 0 amide bonds. The van der Waals surface area contributed by atoms with Crippen LogP contribution in [0.1, 0.15) is 32.6 Å². The van der Waals surface area contributed by atoms with E-state index in [2.05, 4.69) is 10.1 Å². The molecule has 1 heterocycles. The maximum atomic E-state index is 13.2. The third-order valence-electron chi connectivity index (χ3n) is 5.57. The largest absolute Gasteiger partial charge is 0.466 e. The van der Waals surface area contributed by atoms with Crippen LogP contribution in [0.3, 0.4) is 0 Å². The molecule has 7 nitrogen and oxygen atoms in total. The Hall–Kier alpha value is -3.49. The molecule has 0 saturated heterocycles. The highest BCUT2D eigenvalue weighted by Gasteiger charge is 2.40. The second-order valence-electron chi connectivity index (χ2n) is 9.42. The molecule has 0 bridgehead atoms. The van der Waals surface area contributed by atoms with Crippen molar-refractivity contribution in [2.45, 2.75) is 44.9 Å². The molecule has 0 spiro atoms. The molecule has 0 fully saturated rings. The van der Waals surface area contributed by atoms with E-state index in [0.29, 0.717) is 5.75 Å². The Morgan fingerprint density at radius 3 is 2.06 bits per heavy atom. The van der Waals surface area contributed by atoms with Crippen molar-refractivity contribution in [2.75, 3.05) is 0 Å². The molecule has 4 aromatic rings. The average molecular weight is 492 g/mol. The quantitative estimate of drug-likeness (QED) is 0.296. The first-order chi connectivity index (χ1) is 16.6. The monoisotopic (exact) mass is 491 g/mol. The number of aryl methyl sites for hydroxylation is 1. The predicted octanol–water partition coefficient (Wildman–Crippen LogP) is 5.65. The maximum Gasteiger partial charge on any atom is 0.297 e. The summed E-state index contributed by atoms with van der Waals surface area (Å²) in [7, 11) is -4.07. The number of rotatable bonds is 8. The minimum Gasteiger partial charge on any atom is -0.466 e. The molecule has 0 N–H and O–H groups in total. The van der Waals surface area contributed by atoms with E-state index in [4.69, 9.17) is 8.92 Å². The molecule has 0 aliphatic heterocycles. The van der Waals surface area contributed by atoms with Crippen molar-refractivity contribution in [1.82, 2.24) is 14.8 Å². The molecule has 4 rings (SSSR count). The lowest BCUT2D eigenvalue weighted by Gasteiger charge is -2.35. The number of nitrogens with zero attached hydrogens (tertiary/aromatic N) is 3. The molecule has 3 aromatic carbocycles. The van der Waals surface area contributed by atoms with Crippen molar-refractivity contribution >= 4 is 10.1 Å². The fourth-order valence-corrected chi connectivity index (χ4v) is 4.85. The summed E-state index contributed by atoms with van der Waals surface area (Å²) in [5.74, 6) is 0.552. The van der Waals surface area contributed by atoms with Gasteiger partial charge in [-0.1, -0.05) is 80.9 Å². The molecular formula is C27H29N3O4S. The van der Waals surface area contributed by atoms with Gasteiger partial charge in [0.05, 0.1) is 4.90 Å². The standard InChI is InChI=1S/C27H29N3O4S/c1-20-10-16-24(17-11-20)35(31,32)34-25(27(2,3)4)26(30-19-28-18-29-30)33-23-14-12-22(13-15-23)21-8-6-5-7-9-21/h5-19,25-26H,1-4H3. The van der Waals surface area contributed by atoms with Gasteiger partial charge >= 0.3 is 0 Å². The zero-order valence-corrected chi connectivity index (χ0v) is 21.0. The number of hydrogen-bond acceptors (Lipinski definition) is 6.